The van der Waals surface area contributed by atoms with Crippen LogP contribution >= 0.6 is 11.6 Å². The van der Waals surface area contributed by atoms with Crippen molar-refractivity contribution >= 4 is 34.3 Å². The highest BCUT2D eigenvalue weighted by atomic mass is 35.5. The van der Waals surface area contributed by atoms with Crippen molar-refractivity contribution in [2.75, 3.05) is 5.88 Å². The van der Waals surface area contributed by atoms with Crippen molar-refractivity contribution in [2.45, 2.75) is 12.8 Å². The van der Waals surface area contributed by atoms with Crippen LogP contribution in [0.5, 0.6) is 0 Å². The van der Waals surface area contributed by atoms with Crippen molar-refractivity contribution in [3.05, 3.63) is 35.5 Å². The Balaban J connectivity index is 2.51. The van der Waals surface area contributed by atoms with Crippen molar-refractivity contribution in [3.8, 4) is 0 Å². The Bertz CT molecular complexity index is 645. The molecular formula is C14H14ClNO3. The molecular weight excluding hydrogens is 266 g/mol. The van der Waals surface area contributed by atoms with Crippen LogP contribution in [0.25, 0.3) is 10.9 Å². The number of Topliss-reactive ketones (excluding diaryl/α,β-unsaturated/α-hetero) is 1. The van der Waals surface area contributed by atoms with Crippen molar-refractivity contribution < 1.29 is 14.7 Å². The number of hydrogen-bond donors (Lipinski definition) is 1. The van der Waals surface area contributed by atoms with E-state index in [0.717, 1.165) is 5.52 Å². The first-order valence-electron chi connectivity index (χ1n) is 5.96. The summed E-state index contributed by atoms with van der Waals surface area (Å²) in [5.74, 6) is -0.560. The number of benzene rings is 1. The number of carbonyl (C=O) groups excluding carboxylic acids is 1. The molecule has 0 aliphatic heterocycles. The smallest absolute Gasteiger partial charge is 0.335 e. The van der Waals surface area contributed by atoms with Crippen molar-refractivity contribution in [1.82, 2.24) is 4.57 Å². The molecule has 1 aromatic heterocycles. The molecule has 19 heavy (non-hydrogen) atoms. The Labute approximate surface area is 115 Å². The zero-order valence-electron chi connectivity index (χ0n) is 10.5. The number of rotatable bonds is 5. The van der Waals surface area contributed by atoms with Gasteiger partial charge >= 0.3 is 5.97 Å². The molecule has 0 amide bonds. The summed E-state index contributed by atoms with van der Waals surface area (Å²) < 4.78 is 1.83. The number of hydrogen-bond acceptors (Lipinski definition) is 2. The maximum atomic E-state index is 12.1. The number of carboxylic acid groups (broad SMARTS) is 1. The van der Waals surface area contributed by atoms with Crippen LogP contribution in [0.2, 0.25) is 0 Å². The van der Waals surface area contributed by atoms with Gasteiger partial charge in [0.15, 0.2) is 5.78 Å². The molecule has 5 heteroatoms. The first-order chi connectivity index (χ1) is 9.04. The second-order valence-corrected chi connectivity index (χ2v) is 4.78. The molecule has 2 rings (SSSR count). The van der Waals surface area contributed by atoms with Crippen molar-refractivity contribution in [3.63, 3.8) is 0 Å². The molecule has 1 N–H and O–H groups in total. The fraction of sp³-hybridized carbons (Fsp3) is 0.286. The fourth-order valence-electron chi connectivity index (χ4n) is 2.11. The zero-order chi connectivity index (χ0) is 14.0. The number of alkyl halides is 1. The zero-order valence-corrected chi connectivity index (χ0v) is 11.3. The molecule has 0 saturated heterocycles. The van der Waals surface area contributed by atoms with Gasteiger partial charge in [-0.1, -0.05) is 0 Å². The molecule has 0 aliphatic rings. The van der Waals surface area contributed by atoms with Crippen molar-refractivity contribution in [1.29, 1.82) is 0 Å². The highest BCUT2D eigenvalue weighted by Crippen LogP contribution is 2.23. The third-order valence-corrected chi connectivity index (χ3v) is 3.34. The molecule has 2 aromatic rings. The van der Waals surface area contributed by atoms with Gasteiger partial charge in [-0.3, -0.25) is 4.79 Å². The highest BCUT2D eigenvalue weighted by Gasteiger charge is 2.15. The number of aryl methyl sites for hydroxylation is 1. The van der Waals surface area contributed by atoms with Gasteiger partial charge in [0.2, 0.25) is 0 Å². The number of aromatic nitrogens is 1. The quantitative estimate of drug-likeness (QED) is 0.676. The van der Waals surface area contributed by atoms with Gasteiger partial charge < -0.3 is 9.67 Å². The normalized spacial score (nSPS) is 10.8. The number of nitrogens with zero attached hydrogens (tertiary/aromatic N) is 1. The van der Waals surface area contributed by atoms with E-state index in [1.54, 1.807) is 18.3 Å². The third-order valence-electron chi connectivity index (χ3n) is 3.07. The van der Waals surface area contributed by atoms with Gasteiger partial charge in [0.1, 0.15) is 0 Å². The van der Waals surface area contributed by atoms with E-state index in [1.807, 2.05) is 11.6 Å². The van der Waals surface area contributed by atoms with Crippen LogP contribution in [0.1, 0.15) is 33.6 Å². The SMILES string of the molecule is Cn1cc(C(=O)CCCCl)c2cc(C(=O)O)ccc21. The van der Waals surface area contributed by atoms with Gasteiger partial charge in [0.05, 0.1) is 5.56 Å². The summed E-state index contributed by atoms with van der Waals surface area (Å²) in [4.78, 5) is 23.1. The third kappa shape index (κ3) is 2.63. The number of ketones is 1. The summed E-state index contributed by atoms with van der Waals surface area (Å²) in [6.45, 7) is 0. The van der Waals surface area contributed by atoms with Crippen LogP contribution in [0.15, 0.2) is 24.4 Å². The van der Waals surface area contributed by atoms with Gasteiger partial charge in [0, 0.05) is 42.0 Å². The maximum absolute atomic E-state index is 12.1. The number of aromatic carboxylic acids is 1. The summed E-state index contributed by atoms with van der Waals surface area (Å²) >= 11 is 5.59. The summed E-state index contributed by atoms with van der Waals surface area (Å²) in [6, 6.07) is 4.81. The van der Waals surface area contributed by atoms with Crippen LogP contribution in [0.3, 0.4) is 0 Å². The summed E-state index contributed by atoms with van der Waals surface area (Å²) in [5, 5.41) is 9.70. The predicted octanol–water partition coefficient (Wildman–Crippen LogP) is 3.08. The van der Waals surface area contributed by atoms with Crippen molar-refractivity contribution in [2.24, 2.45) is 7.05 Å². The molecule has 0 unspecified atom stereocenters. The van der Waals surface area contributed by atoms with E-state index in [1.165, 1.54) is 6.07 Å². The molecule has 4 nitrogen and oxygen atoms in total. The van der Waals surface area contributed by atoms with Crippen LogP contribution in [0, 0.1) is 0 Å². The minimum Gasteiger partial charge on any atom is -0.478 e. The molecule has 0 atom stereocenters. The first kappa shape index (κ1) is 13.6. The van der Waals surface area contributed by atoms with Gasteiger partial charge in [-0.05, 0) is 24.6 Å². The Morgan fingerprint density at radius 1 is 1.37 bits per heavy atom. The fourth-order valence-corrected chi connectivity index (χ4v) is 2.24. The van der Waals surface area contributed by atoms with E-state index in [0.29, 0.717) is 29.7 Å². The average molecular weight is 280 g/mol. The lowest BCUT2D eigenvalue weighted by Crippen LogP contribution is -1.99. The highest BCUT2D eigenvalue weighted by molar-refractivity contribution is 6.18. The maximum Gasteiger partial charge on any atom is 0.335 e. The van der Waals surface area contributed by atoms with E-state index >= 15 is 0 Å². The monoisotopic (exact) mass is 279 g/mol. The Hall–Kier alpha value is -1.81. The number of fused-ring (bicyclic) bond motifs is 1. The Morgan fingerprint density at radius 2 is 2.11 bits per heavy atom. The number of carboxylic acids is 1. The van der Waals surface area contributed by atoms with E-state index < -0.39 is 5.97 Å². The predicted molar refractivity (Wildman–Crippen MR) is 74.2 cm³/mol. The molecule has 0 saturated carbocycles. The lowest BCUT2D eigenvalue weighted by atomic mass is 10.0. The molecule has 0 aliphatic carbocycles. The number of halogens is 1. The molecule has 0 radical (unpaired) electrons. The second kappa shape index (κ2) is 5.45. The molecule has 0 fully saturated rings. The van der Waals surface area contributed by atoms with Crippen LogP contribution in [-0.4, -0.2) is 27.3 Å². The van der Waals surface area contributed by atoms with Gasteiger partial charge in [0.25, 0.3) is 0 Å². The van der Waals surface area contributed by atoms with Crippen LogP contribution < -0.4 is 0 Å². The van der Waals surface area contributed by atoms with E-state index in [4.69, 9.17) is 16.7 Å². The van der Waals surface area contributed by atoms with Crippen LogP contribution in [-0.2, 0) is 7.05 Å². The number of carbonyl (C=O) groups is 2. The Kier molecular flexibility index (Phi) is 3.90. The van der Waals surface area contributed by atoms with E-state index in [2.05, 4.69) is 0 Å². The topological polar surface area (TPSA) is 59.3 Å². The van der Waals surface area contributed by atoms with Crippen LogP contribution in [0.4, 0.5) is 0 Å². The largest absolute Gasteiger partial charge is 0.478 e. The lowest BCUT2D eigenvalue weighted by molar-refractivity contribution is 0.0696. The summed E-state index contributed by atoms with van der Waals surface area (Å²) in [5.41, 5.74) is 1.59. The Morgan fingerprint density at radius 3 is 2.74 bits per heavy atom. The minimum atomic E-state index is -0.995. The van der Waals surface area contributed by atoms with E-state index in [-0.39, 0.29) is 11.3 Å². The van der Waals surface area contributed by atoms with E-state index in [9.17, 15) is 9.59 Å². The molecule has 0 bridgehead atoms. The van der Waals surface area contributed by atoms with Gasteiger partial charge in [-0.2, -0.15) is 0 Å². The summed E-state index contributed by atoms with van der Waals surface area (Å²) in [6.07, 6.45) is 2.74. The van der Waals surface area contributed by atoms with Gasteiger partial charge in [-0.25, -0.2) is 4.79 Å². The molecule has 0 spiro atoms. The average Bonchev–Trinajstić information content (AvgIpc) is 2.73. The standard InChI is InChI=1S/C14H14ClNO3/c1-16-8-11(13(17)3-2-6-15)10-7-9(14(18)19)4-5-12(10)16/h4-5,7-8H,2-3,6H2,1H3,(H,18,19). The second-order valence-electron chi connectivity index (χ2n) is 4.41. The first-order valence-corrected chi connectivity index (χ1v) is 6.49. The molecule has 1 aromatic carbocycles. The van der Waals surface area contributed by atoms with Gasteiger partial charge in [-0.15, -0.1) is 11.6 Å². The minimum absolute atomic E-state index is 0.00575. The molecule has 100 valence electrons. The lowest BCUT2D eigenvalue weighted by Gasteiger charge is -1.99. The summed E-state index contributed by atoms with van der Waals surface area (Å²) in [7, 11) is 1.83. The molecule has 1 heterocycles.